The second-order valence-electron chi connectivity index (χ2n) is 5.57. The van der Waals surface area contributed by atoms with Crippen LogP contribution < -0.4 is 5.32 Å². The van der Waals surface area contributed by atoms with E-state index in [0.29, 0.717) is 5.56 Å². The molecule has 0 radical (unpaired) electrons. The maximum absolute atomic E-state index is 13.5. The van der Waals surface area contributed by atoms with Gasteiger partial charge in [-0.25, -0.2) is 14.0 Å². The summed E-state index contributed by atoms with van der Waals surface area (Å²) < 4.78 is 18.6. The molecule has 0 aromatic heterocycles. The molecule has 1 rings (SSSR count). The molecule has 0 heterocycles. The molecule has 0 spiro atoms. The molecule has 0 bridgehead atoms. The number of carboxylic acid groups (broad SMARTS) is 1. The predicted octanol–water partition coefficient (Wildman–Crippen LogP) is 2.80. The number of amides is 1. The zero-order valence-corrected chi connectivity index (χ0v) is 13.1. The summed E-state index contributed by atoms with van der Waals surface area (Å²) in [5.41, 5.74) is 0.0431. The molecule has 5 nitrogen and oxygen atoms in total. The van der Waals surface area contributed by atoms with Crippen LogP contribution >= 0.6 is 0 Å². The first-order chi connectivity index (χ1) is 10.7. The van der Waals surface area contributed by atoms with Crippen LogP contribution in [0, 0.1) is 17.7 Å². The van der Waals surface area contributed by atoms with Gasteiger partial charge in [0.25, 0.3) is 0 Å². The van der Waals surface area contributed by atoms with Crippen molar-refractivity contribution < 1.29 is 23.8 Å². The molecule has 0 saturated carbocycles. The van der Waals surface area contributed by atoms with Gasteiger partial charge in [0, 0.05) is 17.2 Å². The lowest BCUT2D eigenvalue weighted by molar-refractivity contribution is -0.131. The van der Waals surface area contributed by atoms with Crippen molar-refractivity contribution in [1.29, 1.82) is 0 Å². The van der Waals surface area contributed by atoms with Crippen molar-refractivity contribution in [2.24, 2.45) is 0 Å². The molecule has 0 fully saturated rings. The molecule has 0 aliphatic carbocycles. The molecule has 6 heteroatoms. The third kappa shape index (κ3) is 7.67. The van der Waals surface area contributed by atoms with E-state index in [9.17, 15) is 14.0 Å². The summed E-state index contributed by atoms with van der Waals surface area (Å²) in [4.78, 5) is 21.9. The largest absolute Gasteiger partial charge is 0.478 e. The van der Waals surface area contributed by atoms with Crippen LogP contribution in [0.25, 0.3) is 6.08 Å². The average molecular weight is 319 g/mol. The Morgan fingerprint density at radius 3 is 2.70 bits per heavy atom. The normalized spacial score (nSPS) is 10.8. The van der Waals surface area contributed by atoms with E-state index in [4.69, 9.17) is 9.84 Å². The molecule has 23 heavy (non-hydrogen) atoms. The number of rotatable bonds is 3. The monoisotopic (exact) mass is 319 g/mol. The highest BCUT2D eigenvalue weighted by molar-refractivity contribution is 5.85. The van der Waals surface area contributed by atoms with Gasteiger partial charge in [0.2, 0.25) is 0 Å². The first-order valence-corrected chi connectivity index (χ1v) is 6.83. The van der Waals surface area contributed by atoms with Crippen LogP contribution in [0.5, 0.6) is 0 Å². The quantitative estimate of drug-likeness (QED) is 0.663. The highest BCUT2D eigenvalue weighted by Crippen LogP contribution is 2.11. The lowest BCUT2D eigenvalue weighted by Crippen LogP contribution is -2.32. The third-order valence-electron chi connectivity index (χ3n) is 2.35. The van der Waals surface area contributed by atoms with Crippen LogP contribution in [-0.4, -0.2) is 29.3 Å². The number of carboxylic acids is 1. The number of hydrogen-bond donors (Lipinski definition) is 2. The molecule has 1 amide bonds. The SMILES string of the molecule is CC(C)(C)OC(=O)NCC#Cc1ccc(F)c(/C=C/C(=O)O)c1. The van der Waals surface area contributed by atoms with Crippen molar-refractivity contribution in [3.8, 4) is 11.8 Å². The van der Waals surface area contributed by atoms with Gasteiger partial charge in [-0.05, 0) is 45.0 Å². The second-order valence-corrected chi connectivity index (χ2v) is 5.57. The molecule has 2 N–H and O–H groups in total. The summed E-state index contributed by atoms with van der Waals surface area (Å²) >= 11 is 0. The van der Waals surface area contributed by atoms with Crippen LogP contribution in [0.4, 0.5) is 9.18 Å². The summed E-state index contributed by atoms with van der Waals surface area (Å²) in [6, 6.07) is 4.09. The first-order valence-electron chi connectivity index (χ1n) is 6.83. The van der Waals surface area contributed by atoms with Gasteiger partial charge < -0.3 is 15.2 Å². The maximum atomic E-state index is 13.5. The van der Waals surface area contributed by atoms with Gasteiger partial charge in [-0.3, -0.25) is 0 Å². The smallest absolute Gasteiger partial charge is 0.408 e. The maximum Gasteiger partial charge on any atom is 0.408 e. The first kappa shape index (κ1) is 18.2. The molecule has 1 aromatic carbocycles. The lowest BCUT2D eigenvalue weighted by Gasteiger charge is -2.18. The molecule has 0 unspecified atom stereocenters. The summed E-state index contributed by atoms with van der Waals surface area (Å²) in [7, 11) is 0. The Labute approximate surface area is 134 Å². The van der Waals surface area contributed by atoms with Crippen molar-refractivity contribution in [3.63, 3.8) is 0 Å². The number of alkyl carbamates (subject to hydrolysis) is 1. The second kappa shape index (κ2) is 7.99. The van der Waals surface area contributed by atoms with Crippen LogP contribution in [0.2, 0.25) is 0 Å². The van der Waals surface area contributed by atoms with Crippen molar-refractivity contribution in [2.45, 2.75) is 26.4 Å². The topological polar surface area (TPSA) is 75.6 Å². The van der Waals surface area contributed by atoms with E-state index in [1.165, 1.54) is 18.2 Å². The molecular formula is C17H18FNO4. The van der Waals surface area contributed by atoms with E-state index in [2.05, 4.69) is 17.2 Å². The number of ether oxygens (including phenoxy) is 1. The molecular weight excluding hydrogens is 301 g/mol. The fourth-order valence-electron chi connectivity index (χ4n) is 1.49. The number of hydrogen-bond acceptors (Lipinski definition) is 3. The molecule has 0 aliphatic rings. The number of carbonyl (C=O) groups is 2. The molecule has 122 valence electrons. The van der Waals surface area contributed by atoms with Gasteiger partial charge >= 0.3 is 12.1 Å². The third-order valence-corrected chi connectivity index (χ3v) is 2.35. The Kier molecular flexibility index (Phi) is 6.34. The molecule has 1 aromatic rings. The van der Waals surface area contributed by atoms with Gasteiger partial charge in [0.1, 0.15) is 11.4 Å². The van der Waals surface area contributed by atoms with Crippen LogP contribution in [0.1, 0.15) is 31.9 Å². The van der Waals surface area contributed by atoms with Crippen LogP contribution in [0.3, 0.4) is 0 Å². The Morgan fingerprint density at radius 1 is 1.39 bits per heavy atom. The van der Waals surface area contributed by atoms with Crippen molar-refractivity contribution in [2.75, 3.05) is 6.54 Å². The minimum absolute atomic E-state index is 0.0760. The summed E-state index contributed by atoms with van der Waals surface area (Å²) in [6.45, 7) is 5.33. The van der Waals surface area contributed by atoms with E-state index < -0.39 is 23.5 Å². The van der Waals surface area contributed by atoms with E-state index in [-0.39, 0.29) is 12.1 Å². The minimum Gasteiger partial charge on any atom is -0.478 e. The van der Waals surface area contributed by atoms with Crippen molar-refractivity contribution >= 4 is 18.1 Å². The Hall–Kier alpha value is -2.81. The minimum atomic E-state index is -1.16. The molecule has 0 aliphatic heterocycles. The van der Waals surface area contributed by atoms with Gasteiger partial charge in [0.05, 0.1) is 6.54 Å². The fourth-order valence-corrected chi connectivity index (χ4v) is 1.49. The highest BCUT2D eigenvalue weighted by Gasteiger charge is 2.14. The van der Waals surface area contributed by atoms with E-state index in [0.717, 1.165) is 12.2 Å². The molecule has 0 atom stereocenters. The van der Waals surface area contributed by atoms with Crippen LogP contribution in [0.15, 0.2) is 24.3 Å². The number of carbonyl (C=O) groups excluding carboxylic acids is 1. The summed E-state index contributed by atoms with van der Waals surface area (Å²) in [6.07, 6.45) is 1.43. The Bertz CT molecular complexity index is 678. The van der Waals surface area contributed by atoms with E-state index in [1.807, 2.05) is 0 Å². The van der Waals surface area contributed by atoms with Crippen LogP contribution in [-0.2, 0) is 9.53 Å². The fraction of sp³-hybridized carbons (Fsp3) is 0.294. The van der Waals surface area contributed by atoms with Gasteiger partial charge in [-0.2, -0.15) is 0 Å². The van der Waals surface area contributed by atoms with E-state index >= 15 is 0 Å². The van der Waals surface area contributed by atoms with Gasteiger partial charge in [0.15, 0.2) is 0 Å². The van der Waals surface area contributed by atoms with Crippen molar-refractivity contribution in [3.05, 3.63) is 41.2 Å². The number of benzene rings is 1. The number of aliphatic carboxylic acids is 1. The number of halogens is 1. The predicted molar refractivity (Wildman–Crippen MR) is 84.2 cm³/mol. The highest BCUT2D eigenvalue weighted by atomic mass is 19.1. The summed E-state index contributed by atoms with van der Waals surface area (Å²) in [5, 5.41) is 11.0. The zero-order valence-electron chi connectivity index (χ0n) is 13.1. The average Bonchev–Trinajstić information content (AvgIpc) is 2.41. The van der Waals surface area contributed by atoms with Crippen molar-refractivity contribution in [1.82, 2.24) is 5.32 Å². The lowest BCUT2D eigenvalue weighted by atomic mass is 10.1. The van der Waals surface area contributed by atoms with E-state index in [1.54, 1.807) is 20.8 Å². The summed E-state index contributed by atoms with van der Waals surface area (Å²) in [5.74, 6) is 3.75. The van der Waals surface area contributed by atoms with Gasteiger partial charge in [-0.15, -0.1) is 0 Å². The zero-order chi connectivity index (χ0) is 17.5. The van der Waals surface area contributed by atoms with Gasteiger partial charge in [-0.1, -0.05) is 11.8 Å². The number of nitrogens with one attached hydrogen (secondary N) is 1. The Morgan fingerprint density at radius 2 is 2.09 bits per heavy atom. The standard InChI is InChI=1S/C17H18FNO4/c1-17(2,3)23-16(22)19-10-4-5-12-6-8-14(18)13(11-12)7-9-15(20)21/h6-9,11H,10H2,1-3H3,(H,19,22)(H,20,21)/b9-7+. The molecule has 0 saturated heterocycles. The Balaban J connectivity index is 2.67.